The first-order valence-electron chi connectivity index (χ1n) is 8.82. The summed E-state index contributed by atoms with van der Waals surface area (Å²) in [7, 11) is 1.51. The molecule has 2 amide bonds. The summed E-state index contributed by atoms with van der Waals surface area (Å²) in [6.45, 7) is 4.66. The van der Waals surface area contributed by atoms with Gasteiger partial charge in [0.05, 0.1) is 17.7 Å². The number of likely N-dealkylation sites (tertiary alicyclic amines) is 1. The number of benzene rings is 1. The van der Waals surface area contributed by atoms with Crippen LogP contribution in [0.25, 0.3) is 0 Å². The van der Waals surface area contributed by atoms with Gasteiger partial charge in [0.15, 0.2) is 0 Å². The van der Waals surface area contributed by atoms with Crippen molar-refractivity contribution in [2.24, 2.45) is 0 Å². The molecule has 7 heteroatoms. The summed E-state index contributed by atoms with van der Waals surface area (Å²) < 4.78 is 10.9. The fourth-order valence-electron chi connectivity index (χ4n) is 2.79. The number of aliphatic hydroxyl groups excluding tert-OH is 1. The minimum Gasteiger partial charge on any atom is -0.489 e. The molecule has 144 valence electrons. The van der Waals surface area contributed by atoms with Crippen molar-refractivity contribution >= 4 is 11.8 Å². The summed E-state index contributed by atoms with van der Waals surface area (Å²) in [4.78, 5) is 26.2. The van der Waals surface area contributed by atoms with Crippen molar-refractivity contribution in [2.75, 3.05) is 33.4 Å². The third-order valence-corrected chi connectivity index (χ3v) is 4.34. The van der Waals surface area contributed by atoms with E-state index < -0.39 is 5.54 Å². The van der Waals surface area contributed by atoms with Crippen LogP contribution in [0.15, 0.2) is 24.3 Å². The number of hydrogen-bond donors (Lipinski definition) is 2. The van der Waals surface area contributed by atoms with Crippen molar-refractivity contribution in [1.29, 1.82) is 0 Å². The molecule has 0 spiro atoms. The number of carbonyl (C=O) groups is 2. The number of amides is 2. The van der Waals surface area contributed by atoms with Crippen LogP contribution in [0.3, 0.4) is 0 Å². The number of rotatable bonds is 7. The molecular weight excluding hydrogens is 336 g/mol. The minimum absolute atomic E-state index is 0.0167. The van der Waals surface area contributed by atoms with Crippen LogP contribution in [0.4, 0.5) is 0 Å². The minimum atomic E-state index is -0.711. The van der Waals surface area contributed by atoms with Crippen LogP contribution in [-0.4, -0.2) is 66.9 Å². The van der Waals surface area contributed by atoms with Crippen molar-refractivity contribution in [2.45, 2.75) is 38.3 Å². The van der Waals surface area contributed by atoms with Crippen LogP contribution in [0, 0.1) is 0 Å². The molecule has 1 saturated heterocycles. The highest BCUT2D eigenvalue weighted by molar-refractivity contribution is 5.97. The zero-order valence-corrected chi connectivity index (χ0v) is 15.7. The Morgan fingerprint density at radius 3 is 2.54 bits per heavy atom. The Bertz CT molecular complexity index is 624. The quantitative estimate of drug-likeness (QED) is 0.759. The van der Waals surface area contributed by atoms with E-state index in [0.717, 1.165) is 0 Å². The zero-order valence-electron chi connectivity index (χ0n) is 15.7. The number of nitrogens with one attached hydrogen (secondary N) is 1. The lowest BCUT2D eigenvalue weighted by Crippen LogP contribution is -2.46. The van der Waals surface area contributed by atoms with Crippen LogP contribution < -0.4 is 10.1 Å². The zero-order chi connectivity index (χ0) is 19.2. The van der Waals surface area contributed by atoms with Crippen molar-refractivity contribution in [1.82, 2.24) is 10.2 Å². The third-order valence-electron chi connectivity index (χ3n) is 4.34. The van der Waals surface area contributed by atoms with Crippen LogP contribution in [0.5, 0.6) is 5.75 Å². The number of para-hydroxylation sites is 1. The lowest BCUT2D eigenvalue weighted by molar-refractivity contribution is -0.136. The van der Waals surface area contributed by atoms with E-state index in [1.54, 1.807) is 36.9 Å². The van der Waals surface area contributed by atoms with Gasteiger partial charge in [-0.3, -0.25) is 9.59 Å². The van der Waals surface area contributed by atoms with Gasteiger partial charge in [-0.05, 0) is 26.0 Å². The van der Waals surface area contributed by atoms with Crippen molar-refractivity contribution in [3.05, 3.63) is 29.8 Å². The molecule has 0 atom stereocenters. The largest absolute Gasteiger partial charge is 0.489 e. The van der Waals surface area contributed by atoms with Gasteiger partial charge in [0.2, 0.25) is 5.91 Å². The predicted molar refractivity (Wildman–Crippen MR) is 97.2 cm³/mol. The highest BCUT2D eigenvalue weighted by atomic mass is 16.5. The molecule has 1 aromatic carbocycles. The Kier molecular flexibility index (Phi) is 6.99. The van der Waals surface area contributed by atoms with E-state index in [0.29, 0.717) is 37.2 Å². The molecule has 1 fully saturated rings. The van der Waals surface area contributed by atoms with Gasteiger partial charge in [0.25, 0.3) is 5.91 Å². The number of hydrogen-bond acceptors (Lipinski definition) is 5. The van der Waals surface area contributed by atoms with Gasteiger partial charge in [-0.25, -0.2) is 0 Å². The summed E-state index contributed by atoms with van der Waals surface area (Å²) in [5.74, 6) is 0.213. The van der Waals surface area contributed by atoms with E-state index >= 15 is 0 Å². The second-order valence-electron chi connectivity index (χ2n) is 7.12. The second-order valence-corrected chi connectivity index (χ2v) is 7.12. The molecule has 0 radical (unpaired) electrons. The van der Waals surface area contributed by atoms with E-state index in [1.807, 2.05) is 6.07 Å². The molecule has 1 heterocycles. The van der Waals surface area contributed by atoms with Crippen molar-refractivity contribution in [3.63, 3.8) is 0 Å². The molecule has 2 rings (SSSR count). The van der Waals surface area contributed by atoms with Crippen LogP contribution in [0.1, 0.15) is 37.0 Å². The smallest absolute Gasteiger partial charge is 0.255 e. The van der Waals surface area contributed by atoms with Gasteiger partial charge in [-0.15, -0.1) is 0 Å². The number of ether oxygens (including phenoxy) is 2. The van der Waals surface area contributed by atoms with E-state index in [2.05, 4.69) is 5.32 Å². The number of piperidine rings is 1. The van der Waals surface area contributed by atoms with E-state index in [1.165, 1.54) is 7.11 Å². The Hall–Kier alpha value is -2.12. The third kappa shape index (κ3) is 5.44. The lowest BCUT2D eigenvalue weighted by atomic mass is 10.1. The maximum Gasteiger partial charge on any atom is 0.255 e. The Morgan fingerprint density at radius 1 is 1.27 bits per heavy atom. The molecule has 0 aromatic heterocycles. The van der Waals surface area contributed by atoms with Crippen LogP contribution in [-0.2, 0) is 9.53 Å². The van der Waals surface area contributed by atoms with Crippen molar-refractivity contribution < 1.29 is 24.2 Å². The number of nitrogens with zero attached hydrogens (tertiary/aromatic N) is 1. The molecule has 0 aliphatic carbocycles. The Labute approximate surface area is 154 Å². The molecular formula is C19H28N2O5. The topological polar surface area (TPSA) is 88.1 Å². The molecule has 2 N–H and O–H groups in total. The van der Waals surface area contributed by atoms with Crippen molar-refractivity contribution in [3.8, 4) is 5.75 Å². The van der Waals surface area contributed by atoms with Gasteiger partial charge < -0.3 is 24.8 Å². The highest BCUT2D eigenvalue weighted by Gasteiger charge is 2.26. The fraction of sp³-hybridized carbons (Fsp3) is 0.579. The summed E-state index contributed by atoms with van der Waals surface area (Å²) in [6, 6.07) is 7.07. The van der Waals surface area contributed by atoms with Gasteiger partial charge in [-0.1, -0.05) is 12.1 Å². The molecule has 7 nitrogen and oxygen atoms in total. The predicted octanol–water partition coefficient (Wildman–Crippen LogP) is 1.20. The normalized spacial score (nSPS) is 15.6. The molecule has 1 aliphatic rings. The maximum absolute atomic E-state index is 12.5. The second kappa shape index (κ2) is 9.00. The SMILES string of the molecule is COCC(=O)N1CCC(Oc2ccccc2C(=O)NC(C)(C)CO)CC1. The molecule has 0 saturated carbocycles. The molecule has 1 aromatic rings. The number of carbonyl (C=O) groups excluding carboxylic acids is 2. The summed E-state index contributed by atoms with van der Waals surface area (Å²) in [5.41, 5.74) is -0.274. The molecule has 0 unspecified atom stereocenters. The molecule has 26 heavy (non-hydrogen) atoms. The summed E-state index contributed by atoms with van der Waals surface area (Å²) >= 11 is 0. The first-order chi connectivity index (χ1) is 12.4. The standard InChI is InChI=1S/C19H28N2O5/c1-19(2,13-22)20-18(24)15-6-4-5-7-16(15)26-14-8-10-21(11-9-14)17(23)12-25-3/h4-7,14,22H,8-13H2,1-3H3,(H,20,24). The van der Waals surface area contributed by atoms with Gasteiger partial charge in [0.1, 0.15) is 18.5 Å². The first kappa shape index (κ1) is 20.2. The Morgan fingerprint density at radius 2 is 1.92 bits per heavy atom. The van der Waals surface area contributed by atoms with Crippen LogP contribution in [0.2, 0.25) is 0 Å². The summed E-state index contributed by atoms with van der Waals surface area (Å²) in [5, 5.41) is 12.1. The fourth-order valence-corrected chi connectivity index (χ4v) is 2.79. The lowest BCUT2D eigenvalue weighted by Gasteiger charge is -2.32. The summed E-state index contributed by atoms with van der Waals surface area (Å²) in [6.07, 6.45) is 1.35. The van der Waals surface area contributed by atoms with Gasteiger partial charge in [-0.2, -0.15) is 0 Å². The number of methoxy groups -OCH3 is 1. The van der Waals surface area contributed by atoms with Gasteiger partial charge in [0, 0.05) is 33.0 Å². The highest BCUT2D eigenvalue weighted by Crippen LogP contribution is 2.24. The first-order valence-corrected chi connectivity index (χ1v) is 8.82. The molecule has 1 aliphatic heterocycles. The van der Waals surface area contributed by atoms with E-state index in [-0.39, 0.29) is 31.1 Å². The number of aliphatic hydroxyl groups is 1. The average molecular weight is 364 g/mol. The van der Waals surface area contributed by atoms with E-state index in [9.17, 15) is 14.7 Å². The maximum atomic E-state index is 12.5. The van der Waals surface area contributed by atoms with Crippen LogP contribution >= 0.6 is 0 Å². The molecule has 0 bridgehead atoms. The van der Waals surface area contributed by atoms with Gasteiger partial charge >= 0.3 is 0 Å². The van der Waals surface area contributed by atoms with E-state index in [4.69, 9.17) is 9.47 Å². The average Bonchev–Trinajstić information content (AvgIpc) is 2.62. The monoisotopic (exact) mass is 364 g/mol. The Balaban J connectivity index is 1.99.